The predicted octanol–water partition coefficient (Wildman–Crippen LogP) is 1.20. The molecule has 0 radical (unpaired) electrons. The average molecular weight is 361 g/mol. The first kappa shape index (κ1) is 18.8. The van der Waals surface area contributed by atoms with Crippen LogP contribution in [0.5, 0.6) is 0 Å². The number of nitrogens with one attached hydrogen (secondary N) is 1. The van der Waals surface area contributed by atoms with Crippen molar-refractivity contribution in [1.29, 1.82) is 5.26 Å². The number of aryl methyl sites for hydroxylation is 1. The summed E-state index contributed by atoms with van der Waals surface area (Å²) in [6.45, 7) is 1.74. The second-order valence-electron chi connectivity index (χ2n) is 5.85. The number of hydroxylamine groups is 1. The fourth-order valence-corrected chi connectivity index (χ4v) is 3.26. The van der Waals surface area contributed by atoms with Crippen molar-refractivity contribution in [1.82, 2.24) is 15.3 Å². The van der Waals surface area contributed by atoms with Gasteiger partial charge in [0, 0.05) is 29.6 Å². The summed E-state index contributed by atoms with van der Waals surface area (Å²) >= 11 is -2.43. The Bertz CT molecular complexity index is 830. The van der Waals surface area contributed by atoms with E-state index in [4.69, 9.17) is 10.5 Å². The Kier molecular flexibility index (Phi) is 6.03. The number of aromatic nitrogens is 2. The number of hydrogen-bond donors (Lipinski definition) is 2. The highest BCUT2D eigenvalue weighted by atomic mass is 32.2. The largest absolute Gasteiger partial charge is 0.772 e. The van der Waals surface area contributed by atoms with Crippen LogP contribution in [0, 0.1) is 16.7 Å². The molecule has 0 aliphatic rings. The quantitative estimate of drug-likeness (QED) is 0.433. The predicted molar refractivity (Wildman–Crippen MR) is 88.8 cm³/mol. The zero-order valence-corrected chi connectivity index (χ0v) is 14.3. The van der Waals surface area contributed by atoms with Crippen molar-refractivity contribution in [2.24, 2.45) is 5.41 Å². The maximum absolute atomic E-state index is 11.8. The number of nitriles is 1. The molecule has 0 fully saturated rings. The van der Waals surface area contributed by atoms with E-state index in [-0.39, 0.29) is 13.0 Å². The van der Waals surface area contributed by atoms with Gasteiger partial charge in [-0.05, 0) is 19.4 Å². The van der Waals surface area contributed by atoms with Gasteiger partial charge in [-0.2, -0.15) is 10.4 Å². The van der Waals surface area contributed by atoms with Crippen LogP contribution in [0.15, 0.2) is 36.7 Å². The van der Waals surface area contributed by atoms with Crippen LogP contribution in [0.3, 0.4) is 0 Å². The van der Waals surface area contributed by atoms with Gasteiger partial charge in [-0.15, -0.1) is 0 Å². The van der Waals surface area contributed by atoms with Crippen molar-refractivity contribution in [3.05, 3.63) is 42.2 Å². The Morgan fingerprint density at radius 3 is 2.88 bits per heavy atom. The molecule has 0 saturated heterocycles. The van der Waals surface area contributed by atoms with Gasteiger partial charge in [0.25, 0.3) is 0 Å². The SMILES string of the molecule is CC(CCn1cc(-c2ccccc2C#N)cn1)(CS(=O)[O-])C(=O)NO. The molecule has 0 spiro atoms. The van der Waals surface area contributed by atoms with Gasteiger partial charge in [0.05, 0.1) is 23.2 Å². The Balaban J connectivity index is 2.16. The molecule has 0 saturated carbocycles. The highest BCUT2D eigenvalue weighted by Crippen LogP contribution is 2.26. The minimum absolute atomic E-state index is 0.161. The van der Waals surface area contributed by atoms with Gasteiger partial charge in [-0.3, -0.25) is 18.9 Å². The second-order valence-corrected chi connectivity index (χ2v) is 6.75. The fourth-order valence-electron chi connectivity index (χ4n) is 2.46. The number of benzene rings is 1. The van der Waals surface area contributed by atoms with Crippen molar-refractivity contribution in [2.45, 2.75) is 19.9 Å². The van der Waals surface area contributed by atoms with E-state index in [0.717, 1.165) is 11.1 Å². The second kappa shape index (κ2) is 8.02. The van der Waals surface area contributed by atoms with Gasteiger partial charge in [0.15, 0.2) is 0 Å². The van der Waals surface area contributed by atoms with E-state index in [1.807, 2.05) is 12.1 Å². The molecule has 8 nitrogen and oxygen atoms in total. The molecule has 2 aromatic rings. The number of rotatable bonds is 7. The molecular weight excluding hydrogens is 344 g/mol. The number of carbonyl (C=O) groups excluding carboxylic acids is 1. The summed E-state index contributed by atoms with van der Waals surface area (Å²) in [7, 11) is 0. The Hall–Kier alpha value is -2.54. The van der Waals surface area contributed by atoms with Gasteiger partial charge in [-0.25, -0.2) is 5.48 Å². The summed E-state index contributed by atoms with van der Waals surface area (Å²) in [5.41, 5.74) is 2.25. The molecule has 1 aromatic heterocycles. The van der Waals surface area contributed by atoms with Crippen LogP contribution in [0.1, 0.15) is 18.9 Å². The summed E-state index contributed by atoms with van der Waals surface area (Å²) in [6.07, 6.45) is 3.49. The standard InChI is InChI=1S/C16H18N4O4S/c1-16(11-25(23)24,15(21)19-22)6-7-20-10-13(9-18-20)14-5-3-2-4-12(14)8-17/h2-5,9-10,22H,6-7,11H2,1H3,(H,19,21)(H,23,24)/p-1. The smallest absolute Gasteiger partial charge is 0.250 e. The molecule has 0 aliphatic carbocycles. The highest BCUT2D eigenvalue weighted by Gasteiger charge is 2.33. The summed E-state index contributed by atoms with van der Waals surface area (Å²) in [4.78, 5) is 11.8. The maximum atomic E-state index is 11.8. The molecule has 2 atom stereocenters. The molecule has 1 heterocycles. The van der Waals surface area contributed by atoms with E-state index < -0.39 is 28.2 Å². The van der Waals surface area contributed by atoms with Crippen LogP contribution < -0.4 is 5.48 Å². The monoisotopic (exact) mass is 361 g/mol. The van der Waals surface area contributed by atoms with Crippen LogP contribution in [0.2, 0.25) is 0 Å². The van der Waals surface area contributed by atoms with Gasteiger partial charge in [0.2, 0.25) is 5.91 Å². The minimum atomic E-state index is -2.43. The van der Waals surface area contributed by atoms with Gasteiger partial charge >= 0.3 is 0 Å². The molecule has 2 rings (SSSR count). The first-order valence-electron chi connectivity index (χ1n) is 7.42. The molecular formula is C16H17N4O4S-. The first-order valence-corrected chi connectivity index (χ1v) is 8.66. The fraction of sp³-hybridized carbons (Fsp3) is 0.312. The number of amides is 1. The van der Waals surface area contributed by atoms with E-state index in [0.29, 0.717) is 5.56 Å². The lowest BCUT2D eigenvalue weighted by Crippen LogP contribution is -2.42. The van der Waals surface area contributed by atoms with Crippen LogP contribution >= 0.6 is 0 Å². The van der Waals surface area contributed by atoms with Crippen molar-refractivity contribution in [2.75, 3.05) is 5.75 Å². The lowest BCUT2D eigenvalue weighted by atomic mass is 9.88. The van der Waals surface area contributed by atoms with Crippen molar-refractivity contribution in [3.8, 4) is 17.2 Å². The molecule has 2 N–H and O–H groups in total. The van der Waals surface area contributed by atoms with E-state index in [9.17, 15) is 13.6 Å². The van der Waals surface area contributed by atoms with E-state index >= 15 is 0 Å². The lowest BCUT2D eigenvalue weighted by molar-refractivity contribution is -0.138. The maximum Gasteiger partial charge on any atom is 0.250 e. The molecule has 1 aromatic carbocycles. The van der Waals surface area contributed by atoms with E-state index in [2.05, 4.69) is 11.2 Å². The third-order valence-electron chi connectivity index (χ3n) is 3.97. The van der Waals surface area contributed by atoms with Crippen molar-refractivity contribution in [3.63, 3.8) is 0 Å². The van der Waals surface area contributed by atoms with Crippen molar-refractivity contribution < 1.29 is 18.8 Å². The van der Waals surface area contributed by atoms with Crippen LogP contribution in [-0.2, 0) is 22.4 Å². The van der Waals surface area contributed by atoms with Crippen LogP contribution in [0.25, 0.3) is 11.1 Å². The number of hydrogen-bond acceptors (Lipinski definition) is 6. The van der Waals surface area contributed by atoms with Gasteiger partial charge < -0.3 is 4.55 Å². The van der Waals surface area contributed by atoms with E-state index in [1.165, 1.54) is 12.4 Å². The van der Waals surface area contributed by atoms with Gasteiger partial charge in [0.1, 0.15) is 0 Å². The summed E-state index contributed by atoms with van der Waals surface area (Å²) in [5.74, 6) is -1.18. The molecule has 1 amide bonds. The molecule has 9 heteroatoms. The number of carbonyl (C=O) groups is 1. The zero-order chi connectivity index (χ0) is 18.4. The minimum Gasteiger partial charge on any atom is -0.772 e. The summed E-state index contributed by atoms with van der Waals surface area (Å²) < 4.78 is 23.6. The molecule has 0 bridgehead atoms. The summed E-state index contributed by atoms with van der Waals surface area (Å²) in [5, 5.41) is 22.2. The Morgan fingerprint density at radius 2 is 2.24 bits per heavy atom. The summed E-state index contributed by atoms with van der Waals surface area (Å²) in [6, 6.07) is 9.23. The Morgan fingerprint density at radius 1 is 1.52 bits per heavy atom. The van der Waals surface area contributed by atoms with Crippen molar-refractivity contribution >= 4 is 17.0 Å². The zero-order valence-electron chi connectivity index (χ0n) is 13.5. The van der Waals surface area contributed by atoms with Crippen LogP contribution in [-0.4, -0.2) is 35.4 Å². The molecule has 2 unspecified atom stereocenters. The highest BCUT2D eigenvalue weighted by molar-refractivity contribution is 7.79. The van der Waals surface area contributed by atoms with Gasteiger partial charge in [-0.1, -0.05) is 29.3 Å². The molecule has 25 heavy (non-hydrogen) atoms. The van der Waals surface area contributed by atoms with E-state index in [1.54, 1.807) is 29.2 Å². The first-order chi connectivity index (χ1) is 11.9. The molecule has 132 valence electrons. The van der Waals surface area contributed by atoms with Crippen LogP contribution in [0.4, 0.5) is 0 Å². The number of nitrogens with zero attached hydrogens (tertiary/aromatic N) is 3. The lowest BCUT2D eigenvalue weighted by Gasteiger charge is -2.27. The topological polar surface area (TPSA) is 131 Å². The Labute approximate surface area is 147 Å². The third-order valence-corrected chi connectivity index (χ3v) is 4.84. The third kappa shape index (κ3) is 4.51. The average Bonchev–Trinajstić information content (AvgIpc) is 3.07. The molecule has 0 aliphatic heterocycles. The normalized spacial score (nSPS) is 14.3.